The number of amides is 1. The van der Waals surface area contributed by atoms with Crippen LogP contribution < -0.4 is 11.1 Å². The van der Waals surface area contributed by atoms with Gasteiger partial charge < -0.3 is 11.1 Å². The molecule has 0 fully saturated rings. The van der Waals surface area contributed by atoms with Crippen LogP contribution in [0.2, 0.25) is 0 Å². The molecular formula is C14H20N2O. The first-order valence-electron chi connectivity index (χ1n) is 6.33. The van der Waals surface area contributed by atoms with E-state index < -0.39 is 0 Å². The van der Waals surface area contributed by atoms with Crippen molar-refractivity contribution in [1.29, 1.82) is 0 Å². The fourth-order valence-corrected chi connectivity index (χ4v) is 2.32. The Balaban J connectivity index is 2.02. The standard InChI is InChI=1S/C14H20N2O/c1-10(4-2-3-7-15)11-5-6-13-12(8-11)9-14(17)16-13/h5-6,8,10H,2-4,7,9,15H2,1H3,(H,16,17). The SMILES string of the molecule is CC(CCCCN)c1ccc2c(c1)CC(=O)N2. The van der Waals surface area contributed by atoms with Crippen molar-refractivity contribution in [3.05, 3.63) is 29.3 Å². The van der Waals surface area contributed by atoms with Crippen molar-refractivity contribution in [3.63, 3.8) is 0 Å². The minimum Gasteiger partial charge on any atom is -0.330 e. The lowest BCUT2D eigenvalue weighted by Crippen LogP contribution is -2.03. The average molecular weight is 232 g/mol. The molecule has 1 heterocycles. The molecule has 0 aromatic heterocycles. The quantitative estimate of drug-likeness (QED) is 0.766. The molecule has 17 heavy (non-hydrogen) atoms. The summed E-state index contributed by atoms with van der Waals surface area (Å²) in [4.78, 5) is 11.3. The summed E-state index contributed by atoms with van der Waals surface area (Å²) in [5, 5.41) is 2.86. The van der Waals surface area contributed by atoms with Crippen LogP contribution in [0.5, 0.6) is 0 Å². The molecule has 0 saturated carbocycles. The molecule has 1 aliphatic heterocycles. The molecule has 1 unspecified atom stereocenters. The number of anilines is 1. The molecule has 1 atom stereocenters. The normalized spacial score (nSPS) is 15.5. The van der Waals surface area contributed by atoms with Gasteiger partial charge in [0.25, 0.3) is 0 Å². The molecule has 3 nitrogen and oxygen atoms in total. The zero-order chi connectivity index (χ0) is 12.3. The predicted octanol–water partition coefficient (Wildman–Crippen LogP) is 2.41. The van der Waals surface area contributed by atoms with Gasteiger partial charge in [-0.2, -0.15) is 0 Å². The van der Waals surface area contributed by atoms with Crippen LogP contribution in [0, 0.1) is 0 Å². The predicted molar refractivity (Wildman–Crippen MR) is 70.1 cm³/mol. The van der Waals surface area contributed by atoms with Gasteiger partial charge in [0.15, 0.2) is 0 Å². The molecule has 1 aliphatic rings. The number of unbranched alkanes of at least 4 members (excludes halogenated alkanes) is 1. The van der Waals surface area contributed by atoms with E-state index >= 15 is 0 Å². The molecule has 3 heteroatoms. The largest absolute Gasteiger partial charge is 0.330 e. The van der Waals surface area contributed by atoms with Crippen LogP contribution in [0.4, 0.5) is 5.69 Å². The number of nitrogens with two attached hydrogens (primary N) is 1. The number of carbonyl (C=O) groups excluding carboxylic acids is 1. The fraction of sp³-hybridized carbons (Fsp3) is 0.500. The Morgan fingerprint density at radius 3 is 3.00 bits per heavy atom. The third-order valence-corrected chi connectivity index (χ3v) is 3.41. The van der Waals surface area contributed by atoms with Crippen molar-refractivity contribution in [2.75, 3.05) is 11.9 Å². The van der Waals surface area contributed by atoms with Crippen LogP contribution >= 0.6 is 0 Å². The molecule has 0 aliphatic carbocycles. The Morgan fingerprint density at radius 2 is 2.24 bits per heavy atom. The Morgan fingerprint density at radius 1 is 1.41 bits per heavy atom. The Hall–Kier alpha value is -1.35. The molecule has 1 amide bonds. The maximum atomic E-state index is 11.3. The van der Waals surface area contributed by atoms with Crippen LogP contribution in [-0.4, -0.2) is 12.5 Å². The highest BCUT2D eigenvalue weighted by Gasteiger charge is 2.18. The van der Waals surface area contributed by atoms with E-state index in [1.54, 1.807) is 0 Å². The van der Waals surface area contributed by atoms with E-state index in [0.29, 0.717) is 12.3 Å². The minimum atomic E-state index is 0.105. The molecule has 0 saturated heterocycles. The molecule has 0 spiro atoms. The first-order chi connectivity index (χ1) is 8.20. The van der Waals surface area contributed by atoms with Crippen molar-refractivity contribution < 1.29 is 4.79 Å². The maximum absolute atomic E-state index is 11.3. The molecular weight excluding hydrogens is 212 g/mol. The van der Waals surface area contributed by atoms with E-state index in [1.807, 2.05) is 6.07 Å². The molecule has 0 bridgehead atoms. The summed E-state index contributed by atoms with van der Waals surface area (Å²) in [7, 11) is 0. The summed E-state index contributed by atoms with van der Waals surface area (Å²) in [6.07, 6.45) is 3.96. The first kappa shape index (κ1) is 12.1. The van der Waals surface area contributed by atoms with Gasteiger partial charge in [0.05, 0.1) is 6.42 Å². The van der Waals surface area contributed by atoms with E-state index in [2.05, 4.69) is 24.4 Å². The zero-order valence-electron chi connectivity index (χ0n) is 10.3. The number of fused-ring (bicyclic) bond motifs is 1. The van der Waals surface area contributed by atoms with Crippen molar-refractivity contribution in [3.8, 4) is 0 Å². The summed E-state index contributed by atoms with van der Waals surface area (Å²) in [6.45, 7) is 3.01. The highest BCUT2D eigenvalue weighted by Crippen LogP contribution is 2.29. The van der Waals surface area contributed by atoms with Gasteiger partial charge in [0, 0.05) is 5.69 Å². The second-order valence-electron chi connectivity index (χ2n) is 4.83. The summed E-state index contributed by atoms with van der Waals surface area (Å²) in [6, 6.07) is 6.31. The monoisotopic (exact) mass is 232 g/mol. The molecule has 2 rings (SSSR count). The molecule has 1 aromatic carbocycles. The van der Waals surface area contributed by atoms with Crippen molar-refractivity contribution >= 4 is 11.6 Å². The Labute approximate surface area is 102 Å². The number of hydrogen-bond acceptors (Lipinski definition) is 2. The Kier molecular flexibility index (Phi) is 3.79. The molecule has 92 valence electrons. The van der Waals surface area contributed by atoms with Gasteiger partial charge in [-0.25, -0.2) is 0 Å². The highest BCUT2D eigenvalue weighted by atomic mass is 16.1. The lowest BCUT2D eigenvalue weighted by atomic mass is 9.93. The Bertz CT molecular complexity index is 415. The van der Waals surface area contributed by atoms with Crippen LogP contribution in [0.3, 0.4) is 0 Å². The summed E-state index contributed by atoms with van der Waals surface area (Å²) in [5.74, 6) is 0.649. The highest BCUT2D eigenvalue weighted by molar-refractivity contribution is 5.99. The summed E-state index contributed by atoms with van der Waals surface area (Å²) in [5.41, 5.74) is 8.94. The number of hydrogen-bond donors (Lipinski definition) is 2. The number of carbonyl (C=O) groups is 1. The van der Waals surface area contributed by atoms with Crippen molar-refractivity contribution in [2.45, 2.75) is 38.5 Å². The van der Waals surface area contributed by atoms with E-state index in [-0.39, 0.29) is 5.91 Å². The zero-order valence-corrected chi connectivity index (χ0v) is 10.3. The van der Waals surface area contributed by atoms with Gasteiger partial charge >= 0.3 is 0 Å². The fourth-order valence-electron chi connectivity index (χ4n) is 2.32. The van der Waals surface area contributed by atoms with Crippen LogP contribution in [-0.2, 0) is 11.2 Å². The number of rotatable bonds is 5. The van der Waals surface area contributed by atoms with Gasteiger partial charge in [-0.05, 0) is 42.5 Å². The lowest BCUT2D eigenvalue weighted by Gasteiger charge is -2.12. The van der Waals surface area contributed by atoms with E-state index in [0.717, 1.165) is 30.6 Å². The van der Waals surface area contributed by atoms with Crippen molar-refractivity contribution in [2.24, 2.45) is 5.73 Å². The van der Waals surface area contributed by atoms with E-state index in [9.17, 15) is 4.79 Å². The third-order valence-electron chi connectivity index (χ3n) is 3.41. The van der Waals surface area contributed by atoms with Gasteiger partial charge in [-0.3, -0.25) is 4.79 Å². The second-order valence-corrected chi connectivity index (χ2v) is 4.83. The third kappa shape index (κ3) is 2.86. The second kappa shape index (κ2) is 5.32. The summed E-state index contributed by atoms with van der Waals surface area (Å²) >= 11 is 0. The molecule has 0 radical (unpaired) electrons. The lowest BCUT2D eigenvalue weighted by molar-refractivity contribution is -0.115. The number of nitrogens with one attached hydrogen (secondary N) is 1. The van der Waals surface area contributed by atoms with Crippen LogP contribution in [0.25, 0.3) is 0 Å². The van der Waals surface area contributed by atoms with Crippen LogP contribution in [0.1, 0.15) is 43.2 Å². The van der Waals surface area contributed by atoms with Gasteiger partial charge in [0.1, 0.15) is 0 Å². The van der Waals surface area contributed by atoms with E-state index in [1.165, 1.54) is 12.0 Å². The average Bonchev–Trinajstić information content (AvgIpc) is 2.68. The first-order valence-corrected chi connectivity index (χ1v) is 6.33. The van der Waals surface area contributed by atoms with Crippen LogP contribution in [0.15, 0.2) is 18.2 Å². The molecule has 1 aromatic rings. The maximum Gasteiger partial charge on any atom is 0.228 e. The topological polar surface area (TPSA) is 55.1 Å². The van der Waals surface area contributed by atoms with Gasteiger partial charge in [-0.15, -0.1) is 0 Å². The van der Waals surface area contributed by atoms with E-state index in [4.69, 9.17) is 5.73 Å². The smallest absolute Gasteiger partial charge is 0.228 e. The van der Waals surface area contributed by atoms with Gasteiger partial charge in [0.2, 0.25) is 5.91 Å². The minimum absolute atomic E-state index is 0.105. The number of benzene rings is 1. The van der Waals surface area contributed by atoms with Gasteiger partial charge in [-0.1, -0.05) is 25.5 Å². The van der Waals surface area contributed by atoms with Crippen molar-refractivity contribution in [1.82, 2.24) is 0 Å². The molecule has 3 N–H and O–H groups in total. The summed E-state index contributed by atoms with van der Waals surface area (Å²) < 4.78 is 0.